The van der Waals surface area contributed by atoms with Crippen molar-refractivity contribution in [3.05, 3.63) is 74.6 Å². The van der Waals surface area contributed by atoms with E-state index in [2.05, 4.69) is 31.9 Å². The lowest BCUT2D eigenvalue weighted by molar-refractivity contribution is -0.125. The summed E-state index contributed by atoms with van der Waals surface area (Å²) in [5.74, 6) is -2.09. The summed E-state index contributed by atoms with van der Waals surface area (Å²) in [6.45, 7) is 1.79. The second-order valence-corrected chi connectivity index (χ2v) is 8.13. The maximum absolute atomic E-state index is 12.7. The van der Waals surface area contributed by atoms with Crippen molar-refractivity contribution in [2.24, 2.45) is 0 Å². The number of aromatic nitrogens is 2. The smallest absolute Gasteiger partial charge is 0.359 e. The number of nitrogens with one attached hydrogen (secondary N) is 2. The van der Waals surface area contributed by atoms with Crippen molar-refractivity contribution >= 4 is 44.5 Å². The molecule has 172 valence electrons. The molecule has 0 radical (unpaired) electrons. The fraction of sp³-hybridized carbons (Fsp3) is 0.261. The standard InChI is InChI=1S/C23H23BrN4O5/c1-2-3-6-13-28-22(31)18-8-5-4-7-17(18)20(27-28)23(32)33-14-19(29)25-26-21(30)15-9-11-16(24)12-10-15/h4-5,7-12H,2-3,6,13-14H2,1H3,(H,25,29)(H,26,30). The van der Waals surface area contributed by atoms with Crippen LogP contribution >= 0.6 is 15.9 Å². The first-order valence-corrected chi connectivity index (χ1v) is 11.2. The number of carbonyl (C=O) groups excluding carboxylic acids is 3. The quantitative estimate of drug-likeness (QED) is 0.271. The van der Waals surface area contributed by atoms with Crippen molar-refractivity contribution in [2.75, 3.05) is 6.61 Å². The van der Waals surface area contributed by atoms with Gasteiger partial charge in [-0.2, -0.15) is 5.10 Å². The van der Waals surface area contributed by atoms with Crippen LogP contribution in [0.1, 0.15) is 47.0 Å². The summed E-state index contributed by atoms with van der Waals surface area (Å²) in [4.78, 5) is 49.5. The molecule has 0 aliphatic carbocycles. The number of aryl methyl sites for hydroxylation is 1. The van der Waals surface area contributed by atoms with E-state index in [9.17, 15) is 19.2 Å². The summed E-state index contributed by atoms with van der Waals surface area (Å²) in [6, 6.07) is 13.2. The Morgan fingerprint density at radius 2 is 1.70 bits per heavy atom. The number of rotatable bonds is 8. The van der Waals surface area contributed by atoms with Gasteiger partial charge in [0.25, 0.3) is 17.4 Å². The lowest BCUT2D eigenvalue weighted by Crippen LogP contribution is -2.43. The van der Waals surface area contributed by atoms with Gasteiger partial charge in [-0.05, 0) is 36.8 Å². The van der Waals surface area contributed by atoms with Crippen LogP contribution in [0.25, 0.3) is 10.8 Å². The highest BCUT2D eigenvalue weighted by Crippen LogP contribution is 2.15. The fourth-order valence-corrected chi connectivity index (χ4v) is 3.35. The van der Waals surface area contributed by atoms with Crippen LogP contribution in [-0.2, 0) is 16.1 Å². The number of hydrogen-bond donors (Lipinski definition) is 2. The highest BCUT2D eigenvalue weighted by Gasteiger charge is 2.19. The van der Waals surface area contributed by atoms with Gasteiger partial charge >= 0.3 is 5.97 Å². The van der Waals surface area contributed by atoms with E-state index in [1.807, 2.05) is 6.92 Å². The van der Waals surface area contributed by atoms with Crippen molar-refractivity contribution < 1.29 is 19.1 Å². The van der Waals surface area contributed by atoms with Gasteiger partial charge in [0.15, 0.2) is 12.3 Å². The van der Waals surface area contributed by atoms with E-state index in [0.717, 1.165) is 23.7 Å². The Hall–Kier alpha value is -3.53. The minimum absolute atomic E-state index is 0.0478. The second-order valence-electron chi connectivity index (χ2n) is 7.21. The number of amides is 2. The number of benzene rings is 2. The van der Waals surface area contributed by atoms with Gasteiger partial charge in [0.2, 0.25) is 0 Å². The number of fused-ring (bicyclic) bond motifs is 1. The van der Waals surface area contributed by atoms with Gasteiger partial charge in [-0.3, -0.25) is 25.2 Å². The van der Waals surface area contributed by atoms with Crippen molar-refractivity contribution in [1.29, 1.82) is 0 Å². The lowest BCUT2D eigenvalue weighted by atomic mass is 10.1. The van der Waals surface area contributed by atoms with Crippen LogP contribution in [-0.4, -0.2) is 34.2 Å². The minimum atomic E-state index is -0.843. The first-order valence-electron chi connectivity index (χ1n) is 10.4. The number of unbranched alkanes of at least 4 members (excludes halogenated alkanes) is 2. The number of nitrogens with zero attached hydrogens (tertiary/aromatic N) is 2. The number of esters is 1. The van der Waals surface area contributed by atoms with E-state index in [1.165, 1.54) is 4.68 Å². The average molecular weight is 515 g/mol. The van der Waals surface area contributed by atoms with Crippen LogP contribution in [0.3, 0.4) is 0 Å². The molecule has 0 saturated heterocycles. The Morgan fingerprint density at radius 3 is 2.39 bits per heavy atom. The van der Waals surface area contributed by atoms with Crippen molar-refractivity contribution in [3.8, 4) is 0 Å². The Kier molecular flexibility index (Phi) is 8.31. The molecule has 0 saturated carbocycles. The largest absolute Gasteiger partial charge is 0.451 e. The molecule has 9 nitrogen and oxygen atoms in total. The van der Waals surface area contributed by atoms with Gasteiger partial charge in [0, 0.05) is 22.0 Å². The summed E-state index contributed by atoms with van der Waals surface area (Å²) in [5, 5.41) is 4.89. The molecule has 0 spiro atoms. The molecule has 0 aliphatic rings. The van der Waals surface area contributed by atoms with Crippen LogP contribution in [0.5, 0.6) is 0 Å². The van der Waals surface area contributed by atoms with Gasteiger partial charge in [-0.15, -0.1) is 0 Å². The van der Waals surface area contributed by atoms with Crippen LogP contribution in [0.15, 0.2) is 57.8 Å². The first-order chi connectivity index (χ1) is 15.9. The molecule has 3 rings (SSSR count). The number of carbonyl (C=O) groups is 3. The molecule has 2 amide bonds. The van der Waals surface area contributed by atoms with E-state index in [1.54, 1.807) is 48.5 Å². The molecule has 2 N–H and O–H groups in total. The van der Waals surface area contributed by atoms with Crippen LogP contribution in [0.2, 0.25) is 0 Å². The Morgan fingerprint density at radius 1 is 1.00 bits per heavy atom. The molecule has 33 heavy (non-hydrogen) atoms. The SMILES string of the molecule is CCCCCn1nc(C(=O)OCC(=O)NNC(=O)c2ccc(Br)cc2)c2ccccc2c1=O. The average Bonchev–Trinajstić information content (AvgIpc) is 2.83. The molecule has 1 aromatic heterocycles. The van der Waals surface area contributed by atoms with Gasteiger partial charge in [-0.1, -0.05) is 53.9 Å². The van der Waals surface area contributed by atoms with Crippen molar-refractivity contribution in [2.45, 2.75) is 32.7 Å². The third-order valence-electron chi connectivity index (χ3n) is 4.79. The number of hydrogen-bond acceptors (Lipinski definition) is 6. The van der Waals surface area contributed by atoms with Gasteiger partial charge < -0.3 is 4.74 Å². The van der Waals surface area contributed by atoms with E-state index in [-0.39, 0.29) is 11.3 Å². The Balaban J connectivity index is 1.65. The zero-order valence-corrected chi connectivity index (χ0v) is 19.6. The summed E-state index contributed by atoms with van der Waals surface area (Å²) in [5.41, 5.74) is 4.45. The molecule has 3 aromatic rings. The Bertz CT molecular complexity index is 1220. The highest BCUT2D eigenvalue weighted by molar-refractivity contribution is 9.10. The van der Waals surface area contributed by atoms with Crippen LogP contribution in [0.4, 0.5) is 0 Å². The van der Waals surface area contributed by atoms with Gasteiger partial charge in [0.1, 0.15) is 0 Å². The van der Waals surface area contributed by atoms with E-state index >= 15 is 0 Å². The fourth-order valence-electron chi connectivity index (χ4n) is 3.08. The molecule has 0 aliphatic heterocycles. The summed E-state index contributed by atoms with van der Waals surface area (Å²) in [7, 11) is 0. The third kappa shape index (κ3) is 6.26. The van der Waals surface area contributed by atoms with E-state index < -0.39 is 24.4 Å². The third-order valence-corrected chi connectivity index (χ3v) is 5.32. The molecule has 10 heteroatoms. The molecular weight excluding hydrogens is 492 g/mol. The van der Waals surface area contributed by atoms with Gasteiger partial charge in [-0.25, -0.2) is 9.48 Å². The maximum atomic E-state index is 12.7. The normalized spacial score (nSPS) is 10.6. The predicted octanol–water partition coefficient (Wildman–Crippen LogP) is 2.97. The summed E-state index contributed by atoms with van der Waals surface area (Å²) < 4.78 is 7.16. The summed E-state index contributed by atoms with van der Waals surface area (Å²) >= 11 is 3.28. The van der Waals surface area contributed by atoms with Gasteiger partial charge in [0.05, 0.1) is 5.39 Å². The van der Waals surface area contributed by atoms with E-state index in [0.29, 0.717) is 22.9 Å². The topological polar surface area (TPSA) is 119 Å². The molecule has 0 bridgehead atoms. The summed E-state index contributed by atoms with van der Waals surface area (Å²) in [6.07, 6.45) is 2.65. The van der Waals surface area contributed by atoms with E-state index in [4.69, 9.17) is 4.74 Å². The maximum Gasteiger partial charge on any atom is 0.359 e. The van der Waals surface area contributed by atoms with Crippen LogP contribution in [0, 0.1) is 0 Å². The monoisotopic (exact) mass is 514 g/mol. The zero-order valence-electron chi connectivity index (χ0n) is 18.0. The number of hydrazine groups is 1. The highest BCUT2D eigenvalue weighted by atomic mass is 79.9. The predicted molar refractivity (Wildman–Crippen MR) is 126 cm³/mol. The molecule has 0 fully saturated rings. The Labute approximate surface area is 198 Å². The molecule has 0 atom stereocenters. The zero-order chi connectivity index (χ0) is 23.8. The second kappa shape index (κ2) is 11.4. The van der Waals surface area contributed by atoms with Crippen molar-refractivity contribution in [3.63, 3.8) is 0 Å². The van der Waals surface area contributed by atoms with Crippen LogP contribution < -0.4 is 16.4 Å². The lowest BCUT2D eigenvalue weighted by Gasteiger charge is -2.11. The molecule has 0 unspecified atom stereocenters. The van der Waals surface area contributed by atoms with Crippen molar-refractivity contribution in [1.82, 2.24) is 20.6 Å². The number of ether oxygens (including phenoxy) is 1. The molecular formula is C23H23BrN4O5. The molecule has 2 aromatic carbocycles. The number of halogens is 1. The first kappa shape index (κ1) is 24.1. The molecule has 1 heterocycles. The minimum Gasteiger partial charge on any atom is -0.451 e.